The third-order valence-corrected chi connectivity index (χ3v) is 4.01. The first-order chi connectivity index (χ1) is 7.88. The highest BCUT2D eigenvalue weighted by Crippen LogP contribution is 2.11. The van der Waals surface area contributed by atoms with Gasteiger partial charge >= 0.3 is 0 Å². The Hall–Kier alpha value is -0.120. The number of nitrogens with zero attached hydrogens (tertiary/aromatic N) is 2. The van der Waals surface area contributed by atoms with Gasteiger partial charge in [0.1, 0.15) is 0 Å². The molecule has 2 aliphatic rings. The molecule has 2 heterocycles. The summed E-state index contributed by atoms with van der Waals surface area (Å²) < 4.78 is 0. The van der Waals surface area contributed by atoms with E-state index in [-0.39, 0.29) is 0 Å². The second-order valence-electron chi connectivity index (χ2n) is 5.22. The van der Waals surface area contributed by atoms with Crippen LogP contribution in [0.15, 0.2) is 0 Å². The van der Waals surface area contributed by atoms with Crippen molar-refractivity contribution < 1.29 is 0 Å². The first kappa shape index (κ1) is 12.3. The number of hydrogen-bond donors (Lipinski definition) is 1. The molecule has 3 heteroatoms. The summed E-state index contributed by atoms with van der Waals surface area (Å²) in [6.45, 7) is 11.2. The maximum atomic E-state index is 3.57. The van der Waals surface area contributed by atoms with Gasteiger partial charge < -0.3 is 15.1 Å². The van der Waals surface area contributed by atoms with Crippen LogP contribution in [0.5, 0.6) is 0 Å². The molecule has 0 radical (unpaired) electrons. The third kappa shape index (κ3) is 3.72. The molecule has 94 valence electrons. The molecule has 0 aromatic heterocycles. The molecule has 0 aromatic rings. The van der Waals surface area contributed by atoms with E-state index in [9.17, 15) is 0 Å². The molecule has 0 spiro atoms. The zero-order valence-corrected chi connectivity index (χ0v) is 10.7. The van der Waals surface area contributed by atoms with Gasteiger partial charge in [0, 0.05) is 19.1 Å². The maximum Gasteiger partial charge on any atom is 0.0109 e. The van der Waals surface area contributed by atoms with E-state index in [1.165, 1.54) is 65.0 Å². The van der Waals surface area contributed by atoms with Crippen molar-refractivity contribution in [1.29, 1.82) is 0 Å². The SMILES string of the molecule is CCNC1CCN(CCN2CCCC2)CC1. The van der Waals surface area contributed by atoms with Crippen molar-refractivity contribution in [2.45, 2.75) is 38.6 Å². The molecule has 2 fully saturated rings. The van der Waals surface area contributed by atoms with Crippen LogP contribution in [0.25, 0.3) is 0 Å². The van der Waals surface area contributed by atoms with Crippen LogP contribution in [-0.4, -0.2) is 61.7 Å². The van der Waals surface area contributed by atoms with Crippen molar-refractivity contribution in [3.63, 3.8) is 0 Å². The zero-order valence-electron chi connectivity index (χ0n) is 10.7. The van der Waals surface area contributed by atoms with Gasteiger partial charge in [-0.3, -0.25) is 0 Å². The van der Waals surface area contributed by atoms with Crippen LogP contribution in [0.2, 0.25) is 0 Å². The summed E-state index contributed by atoms with van der Waals surface area (Å²) in [7, 11) is 0. The van der Waals surface area contributed by atoms with Gasteiger partial charge in [-0.15, -0.1) is 0 Å². The Bertz CT molecular complexity index is 182. The summed E-state index contributed by atoms with van der Waals surface area (Å²) in [5.41, 5.74) is 0. The summed E-state index contributed by atoms with van der Waals surface area (Å²) in [4.78, 5) is 5.27. The largest absolute Gasteiger partial charge is 0.314 e. The van der Waals surface area contributed by atoms with Crippen molar-refractivity contribution in [1.82, 2.24) is 15.1 Å². The normalized spacial score (nSPS) is 25.3. The van der Waals surface area contributed by atoms with Crippen LogP contribution in [-0.2, 0) is 0 Å². The van der Waals surface area contributed by atoms with Gasteiger partial charge in [-0.25, -0.2) is 0 Å². The lowest BCUT2D eigenvalue weighted by molar-refractivity contribution is 0.176. The minimum absolute atomic E-state index is 0.785. The second kappa shape index (κ2) is 6.58. The lowest BCUT2D eigenvalue weighted by Crippen LogP contribution is -2.44. The van der Waals surface area contributed by atoms with Gasteiger partial charge in [0.25, 0.3) is 0 Å². The standard InChI is InChI=1S/C13H27N3/c1-2-14-13-5-9-16(10-6-13)12-11-15-7-3-4-8-15/h13-14H,2-12H2,1H3. The predicted octanol–water partition coefficient (Wildman–Crippen LogP) is 1.16. The molecule has 1 N–H and O–H groups in total. The Kier molecular flexibility index (Phi) is 5.07. The molecule has 0 atom stereocenters. The molecule has 2 rings (SSSR count). The number of likely N-dealkylation sites (tertiary alicyclic amines) is 2. The van der Waals surface area contributed by atoms with E-state index in [2.05, 4.69) is 22.0 Å². The zero-order chi connectivity index (χ0) is 11.2. The van der Waals surface area contributed by atoms with Gasteiger partial charge in [-0.1, -0.05) is 6.92 Å². The number of rotatable bonds is 5. The first-order valence-corrected chi connectivity index (χ1v) is 7.06. The Morgan fingerprint density at radius 1 is 0.938 bits per heavy atom. The molecule has 2 saturated heterocycles. The van der Waals surface area contributed by atoms with Gasteiger partial charge in [0.15, 0.2) is 0 Å². The summed E-state index contributed by atoms with van der Waals surface area (Å²) in [6, 6.07) is 0.785. The maximum absolute atomic E-state index is 3.57. The molecule has 3 nitrogen and oxygen atoms in total. The molecule has 0 unspecified atom stereocenters. The second-order valence-corrected chi connectivity index (χ2v) is 5.22. The Balaban J connectivity index is 1.57. The van der Waals surface area contributed by atoms with Gasteiger partial charge in [0.2, 0.25) is 0 Å². The van der Waals surface area contributed by atoms with Crippen LogP contribution >= 0.6 is 0 Å². The topological polar surface area (TPSA) is 18.5 Å². The van der Waals surface area contributed by atoms with E-state index in [1.807, 2.05) is 0 Å². The smallest absolute Gasteiger partial charge is 0.0109 e. The number of piperidine rings is 1. The molecular weight excluding hydrogens is 198 g/mol. The van der Waals surface area contributed by atoms with Crippen molar-refractivity contribution in [3.8, 4) is 0 Å². The lowest BCUT2D eigenvalue weighted by Gasteiger charge is -2.33. The molecular formula is C13H27N3. The van der Waals surface area contributed by atoms with Crippen molar-refractivity contribution >= 4 is 0 Å². The molecule has 0 aromatic carbocycles. The summed E-state index contributed by atoms with van der Waals surface area (Å²) >= 11 is 0. The van der Waals surface area contributed by atoms with Crippen LogP contribution in [0.3, 0.4) is 0 Å². The Morgan fingerprint density at radius 3 is 2.06 bits per heavy atom. The van der Waals surface area contributed by atoms with Crippen molar-refractivity contribution in [2.75, 3.05) is 45.8 Å². The average Bonchev–Trinajstić information content (AvgIpc) is 2.82. The lowest BCUT2D eigenvalue weighted by atomic mass is 10.1. The van der Waals surface area contributed by atoms with Crippen molar-refractivity contribution in [2.24, 2.45) is 0 Å². The quantitative estimate of drug-likeness (QED) is 0.757. The minimum Gasteiger partial charge on any atom is -0.314 e. The van der Waals surface area contributed by atoms with Gasteiger partial charge in [-0.05, 0) is 58.4 Å². The summed E-state index contributed by atoms with van der Waals surface area (Å²) in [5, 5.41) is 3.57. The highest BCUT2D eigenvalue weighted by atomic mass is 15.2. The molecule has 0 aliphatic carbocycles. The first-order valence-electron chi connectivity index (χ1n) is 7.06. The number of nitrogens with one attached hydrogen (secondary N) is 1. The molecule has 16 heavy (non-hydrogen) atoms. The van der Waals surface area contributed by atoms with E-state index < -0.39 is 0 Å². The van der Waals surface area contributed by atoms with Gasteiger partial charge in [0.05, 0.1) is 0 Å². The van der Waals surface area contributed by atoms with Crippen LogP contribution in [0.1, 0.15) is 32.6 Å². The third-order valence-electron chi connectivity index (χ3n) is 4.01. The summed E-state index contributed by atoms with van der Waals surface area (Å²) in [5.74, 6) is 0. The van der Waals surface area contributed by atoms with Crippen LogP contribution in [0, 0.1) is 0 Å². The predicted molar refractivity (Wildman–Crippen MR) is 68.8 cm³/mol. The van der Waals surface area contributed by atoms with Crippen LogP contribution in [0.4, 0.5) is 0 Å². The minimum atomic E-state index is 0.785. The fourth-order valence-electron chi connectivity index (χ4n) is 2.94. The monoisotopic (exact) mass is 225 g/mol. The average molecular weight is 225 g/mol. The fraction of sp³-hybridized carbons (Fsp3) is 1.00. The van der Waals surface area contributed by atoms with Gasteiger partial charge in [-0.2, -0.15) is 0 Å². The molecule has 0 saturated carbocycles. The Labute approximate surface area is 100 Å². The van der Waals surface area contributed by atoms with E-state index in [4.69, 9.17) is 0 Å². The molecule has 0 bridgehead atoms. The fourth-order valence-corrected chi connectivity index (χ4v) is 2.94. The van der Waals surface area contributed by atoms with Crippen molar-refractivity contribution in [3.05, 3.63) is 0 Å². The van der Waals surface area contributed by atoms with E-state index in [1.54, 1.807) is 0 Å². The molecule has 0 amide bonds. The number of hydrogen-bond acceptors (Lipinski definition) is 3. The molecule has 2 aliphatic heterocycles. The summed E-state index contributed by atoms with van der Waals surface area (Å²) in [6.07, 6.45) is 5.52. The van der Waals surface area contributed by atoms with E-state index in [0.717, 1.165) is 12.6 Å². The highest BCUT2D eigenvalue weighted by Gasteiger charge is 2.19. The highest BCUT2D eigenvalue weighted by molar-refractivity contribution is 4.77. The van der Waals surface area contributed by atoms with E-state index in [0.29, 0.717) is 0 Å². The Morgan fingerprint density at radius 2 is 1.50 bits per heavy atom. The van der Waals surface area contributed by atoms with E-state index >= 15 is 0 Å². The van der Waals surface area contributed by atoms with Crippen LogP contribution < -0.4 is 5.32 Å².